The maximum absolute atomic E-state index is 12.6. The lowest BCUT2D eigenvalue weighted by Gasteiger charge is -2.16. The van der Waals surface area contributed by atoms with Crippen molar-refractivity contribution >= 4 is 22.8 Å². The second-order valence-corrected chi connectivity index (χ2v) is 6.89. The minimum atomic E-state index is -0.304. The highest BCUT2D eigenvalue weighted by Gasteiger charge is 2.24. The van der Waals surface area contributed by atoms with Crippen molar-refractivity contribution in [2.75, 3.05) is 18.9 Å². The van der Waals surface area contributed by atoms with E-state index in [0.717, 1.165) is 25.2 Å². The summed E-state index contributed by atoms with van der Waals surface area (Å²) in [5, 5.41) is 9.82. The monoisotopic (exact) mass is 347 g/mol. The van der Waals surface area contributed by atoms with Crippen LogP contribution < -0.4 is 10.9 Å². The summed E-state index contributed by atoms with van der Waals surface area (Å²) in [7, 11) is 0. The first-order valence-corrected chi connectivity index (χ1v) is 8.87. The van der Waals surface area contributed by atoms with Gasteiger partial charge in [-0.25, -0.2) is 5.10 Å². The maximum atomic E-state index is 12.6. The summed E-state index contributed by atoms with van der Waals surface area (Å²) in [6.45, 7) is 2.07. The summed E-state index contributed by atoms with van der Waals surface area (Å²) in [5.41, 5.74) is 0.846. The number of aliphatic imine (C=N–C) groups is 1. The number of amidine groups is 1. The van der Waals surface area contributed by atoms with Crippen LogP contribution in [0.25, 0.3) is 11.3 Å². The molecule has 8 nitrogen and oxygen atoms in total. The van der Waals surface area contributed by atoms with Gasteiger partial charge in [0.25, 0.3) is 11.5 Å². The number of fused-ring (bicyclic) bond motifs is 1. The zero-order valence-electron chi connectivity index (χ0n) is 12.9. The molecule has 24 heavy (non-hydrogen) atoms. The van der Waals surface area contributed by atoms with Gasteiger partial charge in [-0.2, -0.15) is 5.10 Å². The third-order valence-corrected chi connectivity index (χ3v) is 4.99. The fourth-order valence-corrected chi connectivity index (χ4v) is 3.68. The number of carbonyl (C=O) groups is 1. The Labute approximate surface area is 142 Å². The molecule has 0 bridgehead atoms. The van der Waals surface area contributed by atoms with E-state index in [0.29, 0.717) is 35.1 Å². The SMILES string of the molecule is O=C(NC1=NCCS1)c1cn(CC2CCCO2)cc2c(=O)[nH]nc1-2. The lowest BCUT2D eigenvalue weighted by molar-refractivity contribution is 0.0950. The van der Waals surface area contributed by atoms with Crippen LogP contribution in [0.3, 0.4) is 0 Å². The third kappa shape index (κ3) is 2.96. The number of ether oxygens (including phenoxy) is 1. The molecular formula is C15H17N5O3S. The molecule has 0 aliphatic carbocycles. The van der Waals surface area contributed by atoms with Gasteiger partial charge in [0.2, 0.25) is 0 Å². The molecular weight excluding hydrogens is 330 g/mol. The van der Waals surface area contributed by atoms with Crippen molar-refractivity contribution < 1.29 is 9.53 Å². The Morgan fingerprint density at radius 1 is 1.50 bits per heavy atom. The van der Waals surface area contributed by atoms with Gasteiger partial charge in [0.1, 0.15) is 5.69 Å². The largest absolute Gasteiger partial charge is 0.376 e. The molecule has 2 N–H and O–H groups in total. The normalized spacial score (nSPS) is 20.5. The molecule has 1 amide bonds. The number of hydrogen-bond donors (Lipinski definition) is 2. The number of pyridine rings is 1. The van der Waals surface area contributed by atoms with E-state index < -0.39 is 0 Å². The lowest BCUT2D eigenvalue weighted by Crippen LogP contribution is -2.29. The van der Waals surface area contributed by atoms with Crippen LogP contribution in [0.15, 0.2) is 22.2 Å². The lowest BCUT2D eigenvalue weighted by atomic mass is 10.1. The van der Waals surface area contributed by atoms with E-state index in [2.05, 4.69) is 20.5 Å². The Hall–Kier alpha value is -2.13. The Kier molecular flexibility index (Phi) is 4.11. The van der Waals surface area contributed by atoms with Gasteiger partial charge in [0.05, 0.1) is 23.8 Å². The average Bonchev–Trinajstić information content (AvgIpc) is 3.31. The predicted octanol–water partition coefficient (Wildman–Crippen LogP) is 0.688. The Morgan fingerprint density at radius 3 is 3.17 bits per heavy atom. The maximum Gasteiger partial charge on any atom is 0.275 e. The number of nitrogens with one attached hydrogen (secondary N) is 2. The molecule has 0 aromatic rings. The summed E-state index contributed by atoms with van der Waals surface area (Å²) >= 11 is 1.51. The molecule has 1 fully saturated rings. The number of rotatable bonds is 3. The number of amides is 1. The number of aromatic nitrogens is 3. The first-order valence-electron chi connectivity index (χ1n) is 7.89. The summed E-state index contributed by atoms with van der Waals surface area (Å²) in [5.74, 6) is 0.563. The second-order valence-electron chi connectivity index (χ2n) is 5.81. The highest BCUT2D eigenvalue weighted by molar-refractivity contribution is 8.14. The van der Waals surface area contributed by atoms with E-state index in [1.807, 2.05) is 4.57 Å². The van der Waals surface area contributed by atoms with Crippen LogP contribution in [0.4, 0.5) is 0 Å². The van der Waals surface area contributed by atoms with Gasteiger partial charge in [0, 0.05) is 31.3 Å². The minimum absolute atomic E-state index is 0.111. The summed E-state index contributed by atoms with van der Waals surface area (Å²) in [6, 6.07) is 0. The van der Waals surface area contributed by atoms with Crippen LogP contribution in [-0.2, 0) is 11.3 Å². The summed E-state index contributed by atoms with van der Waals surface area (Å²) in [4.78, 5) is 28.8. The Bertz CT molecular complexity index is 821. The molecule has 4 rings (SSSR count). The number of nitrogens with zero attached hydrogens (tertiary/aromatic N) is 3. The molecule has 0 saturated carbocycles. The Balaban J connectivity index is 1.67. The van der Waals surface area contributed by atoms with Gasteiger partial charge in [-0.05, 0) is 12.8 Å². The number of aromatic amines is 1. The molecule has 1 unspecified atom stereocenters. The van der Waals surface area contributed by atoms with E-state index in [4.69, 9.17) is 4.74 Å². The minimum Gasteiger partial charge on any atom is -0.376 e. The van der Waals surface area contributed by atoms with Crippen molar-refractivity contribution in [2.24, 2.45) is 4.99 Å². The van der Waals surface area contributed by atoms with Gasteiger partial charge in [0.15, 0.2) is 5.17 Å². The van der Waals surface area contributed by atoms with Crippen molar-refractivity contribution in [1.82, 2.24) is 20.1 Å². The molecule has 4 aliphatic rings. The molecule has 4 aliphatic heterocycles. The van der Waals surface area contributed by atoms with Crippen LogP contribution in [-0.4, -0.2) is 50.8 Å². The van der Waals surface area contributed by atoms with Crippen molar-refractivity contribution in [3.05, 3.63) is 28.3 Å². The van der Waals surface area contributed by atoms with Gasteiger partial charge in [-0.1, -0.05) is 11.8 Å². The number of thioether (sulfide) groups is 1. The van der Waals surface area contributed by atoms with Crippen LogP contribution in [0, 0.1) is 0 Å². The molecule has 0 spiro atoms. The van der Waals surface area contributed by atoms with Crippen LogP contribution >= 0.6 is 11.8 Å². The first kappa shape index (κ1) is 15.4. The van der Waals surface area contributed by atoms with Crippen molar-refractivity contribution in [2.45, 2.75) is 25.5 Å². The highest BCUT2D eigenvalue weighted by atomic mass is 32.2. The topological polar surface area (TPSA) is 101 Å². The van der Waals surface area contributed by atoms with E-state index in [9.17, 15) is 9.59 Å². The molecule has 0 radical (unpaired) electrons. The highest BCUT2D eigenvalue weighted by Crippen LogP contribution is 2.22. The second kappa shape index (κ2) is 6.40. The van der Waals surface area contributed by atoms with Gasteiger partial charge < -0.3 is 14.6 Å². The van der Waals surface area contributed by atoms with Gasteiger partial charge in [-0.15, -0.1) is 0 Å². The molecule has 126 valence electrons. The molecule has 1 saturated heterocycles. The molecule has 9 heteroatoms. The van der Waals surface area contributed by atoms with Crippen LogP contribution in [0.2, 0.25) is 0 Å². The fourth-order valence-electron chi connectivity index (χ4n) is 2.96. The molecule has 0 aromatic carbocycles. The van der Waals surface area contributed by atoms with Crippen molar-refractivity contribution in [3.63, 3.8) is 0 Å². The molecule has 1 atom stereocenters. The van der Waals surface area contributed by atoms with E-state index >= 15 is 0 Å². The third-order valence-electron chi connectivity index (χ3n) is 4.10. The van der Waals surface area contributed by atoms with Crippen LogP contribution in [0.1, 0.15) is 23.2 Å². The zero-order chi connectivity index (χ0) is 16.5. The van der Waals surface area contributed by atoms with Crippen molar-refractivity contribution in [3.8, 4) is 11.3 Å². The number of H-pyrrole nitrogens is 1. The fraction of sp³-hybridized carbons (Fsp3) is 0.467. The van der Waals surface area contributed by atoms with E-state index in [1.165, 1.54) is 11.8 Å². The molecule has 0 aromatic heterocycles. The van der Waals surface area contributed by atoms with Crippen molar-refractivity contribution in [1.29, 1.82) is 0 Å². The Morgan fingerprint density at radius 2 is 2.42 bits per heavy atom. The predicted molar refractivity (Wildman–Crippen MR) is 90.7 cm³/mol. The summed E-state index contributed by atoms with van der Waals surface area (Å²) < 4.78 is 7.48. The van der Waals surface area contributed by atoms with E-state index in [1.54, 1.807) is 12.4 Å². The van der Waals surface area contributed by atoms with Gasteiger partial charge >= 0.3 is 0 Å². The molecule has 4 heterocycles. The first-order chi connectivity index (χ1) is 11.7. The number of hydrogen-bond acceptors (Lipinski definition) is 6. The smallest absolute Gasteiger partial charge is 0.275 e. The van der Waals surface area contributed by atoms with Crippen LogP contribution in [0.5, 0.6) is 0 Å². The zero-order valence-corrected chi connectivity index (χ0v) is 13.8. The summed E-state index contributed by atoms with van der Waals surface area (Å²) in [6.07, 6.45) is 5.58. The average molecular weight is 347 g/mol. The quantitative estimate of drug-likeness (QED) is 0.850. The number of carbonyl (C=O) groups excluding carboxylic acids is 1. The van der Waals surface area contributed by atoms with E-state index in [-0.39, 0.29) is 17.6 Å². The van der Waals surface area contributed by atoms with Gasteiger partial charge in [-0.3, -0.25) is 14.6 Å². The standard InChI is InChI=1S/C15H17N5O3S/c21-13(17-15-16-3-5-24-15)10-7-20(6-9-2-1-4-23-9)8-11-12(10)18-19-14(11)22/h7-9H,1-6H2,(H,19,22)(H,16,17,21).